The minimum absolute atomic E-state index is 0.106. The number of hydrogen-bond acceptors (Lipinski definition) is 7. The molecule has 1 aliphatic heterocycles. The largest absolute Gasteiger partial charge is 0.457 e. The first-order valence-electron chi connectivity index (χ1n) is 16.4. The average molecular weight is 645 g/mol. The van der Waals surface area contributed by atoms with E-state index in [1.54, 1.807) is 23.2 Å². The molecule has 0 spiro atoms. The number of hydroxylamine groups is 1. The number of likely N-dealkylation sites (tertiary alicyclic amines) is 1. The van der Waals surface area contributed by atoms with E-state index in [-0.39, 0.29) is 17.4 Å². The Bertz CT molecular complexity index is 1550. The maximum Gasteiger partial charge on any atom is 0.410 e. The van der Waals surface area contributed by atoms with Gasteiger partial charge in [-0.3, -0.25) is 14.6 Å². The third-order valence-electron chi connectivity index (χ3n) is 8.16. The van der Waals surface area contributed by atoms with Gasteiger partial charge in [-0.05, 0) is 119 Å². The number of aryl methyl sites for hydroxylation is 1. The summed E-state index contributed by atoms with van der Waals surface area (Å²) in [5.74, 6) is 1.37. The van der Waals surface area contributed by atoms with Crippen LogP contribution < -0.4 is 9.80 Å². The van der Waals surface area contributed by atoms with Gasteiger partial charge in [0.05, 0.1) is 12.8 Å². The fraction of sp³-hybridized carbons (Fsp3) is 0.500. The molecular formula is C38H52N4O5. The van der Waals surface area contributed by atoms with Crippen molar-refractivity contribution in [2.45, 2.75) is 85.3 Å². The zero-order chi connectivity index (χ0) is 34.5. The van der Waals surface area contributed by atoms with Gasteiger partial charge in [-0.15, -0.1) is 0 Å². The summed E-state index contributed by atoms with van der Waals surface area (Å²) in [7, 11) is 5.57. The highest BCUT2D eigenvalue weighted by Gasteiger charge is 2.27. The lowest BCUT2D eigenvalue weighted by molar-refractivity contribution is 0.0184. The second-order valence-corrected chi connectivity index (χ2v) is 14.8. The molecule has 254 valence electrons. The molecule has 0 aliphatic carbocycles. The maximum absolute atomic E-state index is 13.9. The number of nitrogens with zero attached hydrogens (tertiary/aromatic N) is 4. The first-order valence-corrected chi connectivity index (χ1v) is 16.4. The molecule has 9 nitrogen and oxygen atoms in total. The van der Waals surface area contributed by atoms with E-state index in [0.29, 0.717) is 41.8 Å². The number of rotatable bonds is 9. The monoisotopic (exact) mass is 644 g/mol. The van der Waals surface area contributed by atoms with Crippen LogP contribution in [0.15, 0.2) is 54.7 Å². The topological polar surface area (TPSA) is 84.4 Å². The molecular weight excluding hydrogens is 592 g/mol. The maximum atomic E-state index is 13.9. The Kier molecular flexibility index (Phi) is 11.4. The lowest BCUT2D eigenvalue weighted by Crippen LogP contribution is -2.42. The van der Waals surface area contributed by atoms with Crippen LogP contribution in [0.5, 0.6) is 11.5 Å². The SMILES string of the molecule is CON(C(=O)c1ccc(C)c(Oc2ccnc(CC3CCN(C(=O)OC(C)(C)C)CC3)c2)c1)c1cc(CN(C)C)cc(C(C)(C)C)c1. The Morgan fingerprint density at radius 3 is 2.28 bits per heavy atom. The van der Waals surface area contributed by atoms with Gasteiger partial charge in [-0.1, -0.05) is 32.9 Å². The number of benzene rings is 2. The zero-order valence-electron chi connectivity index (χ0n) is 29.8. The molecule has 0 saturated carbocycles. The molecule has 0 unspecified atom stereocenters. The third kappa shape index (κ3) is 10.0. The fourth-order valence-electron chi connectivity index (χ4n) is 5.65. The van der Waals surface area contributed by atoms with E-state index >= 15 is 0 Å². The Hall–Kier alpha value is -3.95. The standard InChI is InChI=1S/C38H52N4O5/c1-26-11-12-29(35(43)42(45-10)32-21-28(25-40(8)9)19-30(23-32)37(2,3)4)22-34(26)46-33-13-16-39-31(24-33)20-27-14-17-41(18-15-27)36(44)47-38(5,6)7/h11-13,16,19,21-24,27H,14-15,17-18,20,25H2,1-10H3. The lowest BCUT2D eigenvalue weighted by Gasteiger charge is -2.33. The highest BCUT2D eigenvalue weighted by atomic mass is 16.7. The van der Waals surface area contributed by atoms with Crippen molar-refractivity contribution in [1.29, 1.82) is 0 Å². The van der Waals surface area contributed by atoms with Crippen molar-refractivity contribution in [3.05, 3.63) is 82.7 Å². The molecule has 4 rings (SSSR count). The van der Waals surface area contributed by atoms with E-state index in [2.05, 4.69) is 36.7 Å². The van der Waals surface area contributed by atoms with E-state index in [4.69, 9.17) is 14.3 Å². The van der Waals surface area contributed by atoms with Crippen molar-refractivity contribution in [3.63, 3.8) is 0 Å². The van der Waals surface area contributed by atoms with Crippen LogP contribution in [-0.4, -0.2) is 66.7 Å². The predicted octanol–water partition coefficient (Wildman–Crippen LogP) is 7.94. The molecule has 0 N–H and O–H groups in total. The minimum atomic E-state index is -0.499. The van der Waals surface area contributed by atoms with Gasteiger partial charge in [0.1, 0.15) is 17.1 Å². The van der Waals surface area contributed by atoms with E-state index < -0.39 is 5.60 Å². The summed E-state index contributed by atoms with van der Waals surface area (Å²) in [6.07, 6.45) is 4.08. The van der Waals surface area contributed by atoms with Crippen molar-refractivity contribution in [1.82, 2.24) is 14.8 Å². The van der Waals surface area contributed by atoms with Gasteiger partial charge < -0.3 is 19.3 Å². The van der Waals surface area contributed by atoms with Crippen molar-refractivity contribution in [2.75, 3.05) is 39.4 Å². The van der Waals surface area contributed by atoms with Crippen LogP contribution in [0.4, 0.5) is 10.5 Å². The Balaban J connectivity index is 1.48. The number of carbonyl (C=O) groups excluding carboxylic acids is 2. The number of anilines is 1. The number of aromatic nitrogens is 1. The summed E-state index contributed by atoms with van der Waals surface area (Å²) in [6, 6.07) is 15.5. The summed E-state index contributed by atoms with van der Waals surface area (Å²) in [5, 5.41) is 1.35. The number of hydrogen-bond donors (Lipinski definition) is 0. The minimum Gasteiger partial charge on any atom is -0.457 e. The van der Waals surface area contributed by atoms with Crippen molar-refractivity contribution >= 4 is 17.7 Å². The summed E-state index contributed by atoms with van der Waals surface area (Å²) in [4.78, 5) is 40.5. The van der Waals surface area contributed by atoms with Gasteiger partial charge >= 0.3 is 6.09 Å². The number of amides is 2. The number of pyridine rings is 1. The predicted molar refractivity (Wildman–Crippen MR) is 186 cm³/mol. The normalized spacial score (nSPS) is 14.3. The summed E-state index contributed by atoms with van der Waals surface area (Å²) >= 11 is 0. The molecule has 0 atom stereocenters. The molecule has 0 bridgehead atoms. The molecule has 2 aromatic carbocycles. The van der Waals surface area contributed by atoms with Gasteiger partial charge in [-0.25, -0.2) is 4.79 Å². The van der Waals surface area contributed by atoms with E-state index in [0.717, 1.165) is 48.2 Å². The van der Waals surface area contributed by atoms with Crippen LogP contribution in [0.25, 0.3) is 0 Å². The zero-order valence-corrected chi connectivity index (χ0v) is 29.8. The molecule has 2 heterocycles. The van der Waals surface area contributed by atoms with Crippen molar-refractivity contribution in [2.24, 2.45) is 5.92 Å². The Morgan fingerprint density at radius 2 is 1.66 bits per heavy atom. The second kappa shape index (κ2) is 14.9. The summed E-state index contributed by atoms with van der Waals surface area (Å²) < 4.78 is 11.9. The van der Waals surface area contributed by atoms with Crippen LogP contribution in [0.1, 0.15) is 87.1 Å². The smallest absolute Gasteiger partial charge is 0.410 e. The second-order valence-electron chi connectivity index (χ2n) is 14.8. The highest BCUT2D eigenvalue weighted by Crippen LogP contribution is 2.32. The average Bonchev–Trinajstić information content (AvgIpc) is 2.97. The van der Waals surface area contributed by atoms with Crippen molar-refractivity contribution in [3.8, 4) is 11.5 Å². The van der Waals surface area contributed by atoms with Crippen LogP contribution >= 0.6 is 0 Å². The van der Waals surface area contributed by atoms with Crippen LogP contribution in [0.2, 0.25) is 0 Å². The number of piperidine rings is 1. The first kappa shape index (κ1) is 35.9. The Labute approximate surface area is 280 Å². The molecule has 1 aromatic heterocycles. The van der Waals surface area contributed by atoms with Gasteiger partial charge in [0.15, 0.2) is 0 Å². The van der Waals surface area contributed by atoms with Gasteiger partial charge in [0, 0.05) is 43.2 Å². The summed E-state index contributed by atoms with van der Waals surface area (Å²) in [5.41, 5.74) is 4.58. The number of ether oxygens (including phenoxy) is 2. The highest BCUT2D eigenvalue weighted by molar-refractivity contribution is 6.05. The van der Waals surface area contributed by atoms with E-state index in [1.807, 2.05) is 72.1 Å². The van der Waals surface area contributed by atoms with Gasteiger partial charge in [0.2, 0.25) is 0 Å². The van der Waals surface area contributed by atoms with E-state index in [9.17, 15) is 9.59 Å². The lowest BCUT2D eigenvalue weighted by atomic mass is 9.85. The molecule has 2 amide bonds. The fourth-order valence-corrected chi connectivity index (χ4v) is 5.65. The molecule has 3 aromatic rings. The van der Waals surface area contributed by atoms with Gasteiger partial charge in [-0.2, -0.15) is 5.06 Å². The van der Waals surface area contributed by atoms with Crippen LogP contribution in [-0.2, 0) is 28.0 Å². The molecule has 0 radical (unpaired) electrons. The molecule has 1 saturated heterocycles. The molecule has 47 heavy (non-hydrogen) atoms. The molecule has 9 heteroatoms. The third-order valence-corrected chi connectivity index (χ3v) is 8.16. The van der Waals surface area contributed by atoms with Crippen LogP contribution in [0.3, 0.4) is 0 Å². The number of carbonyl (C=O) groups is 2. The quantitative estimate of drug-likeness (QED) is 0.219. The first-order chi connectivity index (χ1) is 22.0. The van der Waals surface area contributed by atoms with Gasteiger partial charge in [0.25, 0.3) is 5.91 Å². The summed E-state index contributed by atoms with van der Waals surface area (Å²) in [6.45, 7) is 16.2. The molecule has 1 fully saturated rings. The van der Waals surface area contributed by atoms with E-state index in [1.165, 1.54) is 12.2 Å². The molecule has 1 aliphatic rings. The van der Waals surface area contributed by atoms with Crippen molar-refractivity contribution < 1.29 is 23.9 Å². The van der Waals surface area contributed by atoms with Crippen LogP contribution in [0, 0.1) is 12.8 Å². The Morgan fingerprint density at radius 1 is 0.957 bits per heavy atom.